The second-order valence-corrected chi connectivity index (χ2v) is 7.00. The van der Waals surface area contributed by atoms with E-state index in [2.05, 4.69) is 10.1 Å². The highest BCUT2D eigenvalue weighted by atomic mass is 35.5. The summed E-state index contributed by atoms with van der Waals surface area (Å²) in [6.45, 7) is 1.09. The van der Waals surface area contributed by atoms with Crippen LogP contribution in [0.2, 0.25) is 5.02 Å². The van der Waals surface area contributed by atoms with Gasteiger partial charge in [-0.25, -0.2) is 4.39 Å². The number of carbonyl (C=O) groups excluding carboxylic acids is 1. The Kier molecular flexibility index (Phi) is 4.90. The molecule has 5 nitrogen and oxygen atoms in total. The van der Waals surface area contributed by atoms with Gasteiger partial charge in [-0.15, -0.1) is 0 Å². The molecule has 1 aliphatic rings. The van der Waals surface area contributed by atoms with Crippen molar-refractivity contribution in [2.75, 3.05) is 13.1 Å². The van der Waals surface area contributed by atoms with E-state index in [1.54, 1.807) is 29.2 Å². The second-order valence-electron chi connectivity index (χ2n) is 6.57. The fourth-order valence-corrected chi connectivity index (χ4v) is 3.50. The van der Waals surface area contributed by atoms with E-state index in [0.717, 1.165) is 18.4 Å². The lowest BCUT2D eigenvalue weighted by Crippen LogP contribution is -2.39. The van der Waals surface area contributed by atoms with Gasteiger partial charge in [0.15, 0.2) is 0 Å². The molecule has 1 fully saturated rings. The summed E-state index contributed by atoms with van der Waals surface area (Å²) < 4.78 is 18.9. The third-order valence-corrected chi connectivity index (χ3v) is 4.89. The van der Waals surface area contributed by atoms with Crippen LogP contribution in [0.1, 0.15) is 35.0 Å². The minimum atomic E-state index is -0.419. The van der Waals surface area contributed by atoms with Gasteiger partial charge in [-0.1, -0.05) is 35.0 Å². The maximum Gasteiger partial charge on any atom is 0.253 e. The summed E-state index contributed by atoms with van der Waals surface area (Å²) in [5.41, 5.74) is 1.13. The number of rotatable bonds is 3. The quantitative estimate of drug-likeness (QED) is 0.663. The highest BCUT2D eigenvalue weighted by molar-refractivity contribution is 6.30. The summed E-state index contributed by atoms with van der Waals surface area (Å²) in [5.74, 6) is 0.325. The molecule has 27 heavy (non-hydrogen) atoms. The molecule has 4 rings (SSSR count). The molecule has 0 N–H and O–H groups in total. The number of amides is 1. The zero-order chi connectivity index (χ0) is 18.8. The lowest BCUT2D eigenvalue weighted by molar-refractivity contribution is 0.0695. The average Bonchev–Trinajstić information content (AvgIpc) is 3.18. The van der Waals surface area contributed by atoms with E-state index in [1.165, 1.54) is 12.1 Å². The highest BCUT2D eigenvalue weighted by Crippen LogP contribution is 2.29. The van der Waals surface area contributed by atoms with Gasteiger partial charge < -0.3 is 9.42 Å². The fraction of sp³-hybridized carbons (Fsp3) is 0.250. The van der Waals surface area contributed by atoms with Crippen molar-refractivity contribution < 1.29 is 13.7 Å². The first-order chi connectivity index (χ1) is 13.1. The van der Waals surface area contributed by atoms with Crippen LogP contribution in [-0.2, 0) is 0 Å². The van der Waals surface area contributed by atoms with Crippen LogP contribution in [0.4, 0.5) is 4.39 Å². The first kappa shape index (κ1) is 17.7. The molecule has 0 aliphatic carbocycles. The number of aromatic nitrogens is 2. The van der Waals surface area contributed by atoms with Crippen LogP contribution < -0.4 is 0 Å². The molecule has 138 valence electrons. The Balaban J connectivity index is 1.51. The summed E-state index contributed by atoms with van der Waals surface area (Å²) >= 11 is 6.02. The van der Waals surface area contributed by atoms with Crippen molar-refractivity contribution in [3.8, 4) is 11.4 Å². The number of hydrogen-bond donors (Lipinski definition) is 0. The normalized spacial score (nSPS) is 17.1. The smallest absolute Gasteiger partial charge is 0.253 e. The Labute approximate surface area is 160 Å². The zero-order valence-electron chi connectivity index (χ0n) is 14.4. The summed E-state index contributed by atoms with van der Waals surface area (Å²) in [4.78, 5) is 18.9. The minimum Gasteiger partial charge on any atom is -0.339 e. The van der Waals surface area contributed by atoms with Gasteiger partial charge in [0.2, 0.25) is 11.7 Å². The summed E-state index contributed by atoms with van der Waals surface area (Å²) in [5, 5.41) is 4.64. The fourth-order valence-electron chi connectivity index (χ4n) is 3.31. The molecule has 1 aliphatic heterocycles. The van der Waals surface area contributed by atoms with Crippen LogP contribution in [-0.4, -0.2) is 34.0 Å². The predicted molar refractivity (Wildman–Crippen MR) is 99.0 cm³/mol. The van der Waals surface area contributed by atoms with Gasteiger partial charge in [-0.05, 0) is 43.2 Å². The number of nitrogens with zero attached hydrogens (tertiary/aromatic N) is 3. The van der Waals surface area contributed by atoms with Gasteiger partial charge in [0.05, 0.1) is 5.92 Å². The maximum atomic E-state index is 13.4. The van der Waals surface area contributed by atoms with E-state index in [9.17, 15) is 9.18 Å². The van der Waals surface area contributed by atoms with Gasteiger partial charge in [0.25, 0.3) is 5.91 Å². The van der Waals surface area contributed by atoms with Crippen LogP contribution in [0.15, 0.2) is 53.1 Å². The van der Waals surface area contributed by atoms with Gasteiger partial charge in [-0.2, -0.15) is 4.98 Å². The second kappa shape index (κ2) is 7.48. The molecule has 3 aromatic rings. The molecule has 2 heterocycles. The minimum absolute atomic E-state index is 0.0447. The summed E-state index contributed by atoms with van der Waals surface area (Å²) in [6, 6.07) is 13.0. The summed E-state index contributed by atoms with van der Waals surface area (Å²) in [6.07, 6.45) is 1.67. The lowest BCUT2D eigenvalue weighted by atomic mass is 9.97. The maximum absolute atomic E-state index is 13.4. The van der Waals surface area contributed by atoms with Crippen LogP contribution in [0.5, 0.6) is 0 Å². The van der Waals surface area contributed by atoms with Gasteiger partial charge >= 0.3 is 0 Å². The van der Waals surface area contributed by atoms with Gasteiger partial charge in [0, 0.05) is 29.2 Å². The van der Waals surface area contributed by atoms with Crippen molar-refractivity contribution in [1.29, 1.82) is 0 Å². The van der Waals surface area contributed by atoms with Crippen molar-refractivity contribution in [2.24, 2.45) is 0 Å². The lowest BCUT2D eigenvalue weighted by Gasteiger charge is -2.31. The number of benzene rings is 2. The molecule has 1 atom stereocenters. The zero-order valence-corrected chi connectivity index (χ0v) is 15.2. The first-order valence-electron chi connectivity index (χ1n) is 8.74. The van der Waals surface area contributed by atoms with E-state index in [0.29, 0.717) is 35.4 Å². The van der Waals surface area contributed by atoms with Crippen LogP contribution in [0.25, 0.3) is 11.4 Å². The highest BCUT2D eigenvalue weighted by Gasteiger charge is 2.29. The third kappa shape index (κ3) is 3.85. The third-order valence-electron chi connectivity index (χ3n) is 4.65. The molecule has 1 amide bonds. The average molecular weight is 386 g/mol. The number of piperidine rings is 1. The largest absolute Gasteiger partial charge is 0.339 e. The Morgan fingerprint density at radius 2 is 2.07 bits per heavy atom. The van der Waals surface area contributed by atoms with Crippen LogP contribution in [0, 0.1) is 5.82 Å². The number of likely N-dealkylation sites (tertiary alicyclic amines) is 1. The van der Waals surface area contributed by atoms with Crippen LogP contribution in [0.3, 0.4) is 0 Å². The molecule has 1 aromatic heterocycles. The Morgan fingerprint density at radius 3 is 2.89 bits per heavy atom. The van der Waals surface area contributed by atoms with Crippen molar-refractivity contribution in [1.82, 2.24) is 15.0 Å². The monoisotopic (exact) mass is 385 g/mol. The molecule has 7 heteroatoms. The molecule has 2 aromatic carbocycles. The molecular formula is C20H17ClFN3O2. The number of carbonyl (C=O) groups is 1. The van der Waals surface area contributed by atoms with Crippen LogP contribution >= 0.6 is 11.6 Å². The molecule has 0 bridgehead atoms. The Morgan fingerprint density at radius 1 is 1.22 bits per heavy atom. The molecule has 1 saturated heterocycles. The standard InChI is InChI=1S/C20H17ClFN3O2/c21-16-7-1-4-13(10-16)18-23-19(27-24-18)15-6-3-9-25(12-15)20(26)14-5-2-8-17(22)11-14/h1-2,4-5,7-8,10-11,15H,3,6,9,12H2. The number of halogens is 2. The van der Waals surface area contributed by atoms with E-state index in [1.807, 2.05) is 12.1 Å². The number of hydrogen-bond acceptors (Lipinski definition) is 4. The molecule has 0 radical (unpaired) electrons. The molecular weight excluding hydrogens is 369 g/mol. The van der Waals surface area contributed by atoms with Crippen molar-refractivity contribution >= 4 is 17.5 Å². The predicted octanol–water partition coefficient (Wildman–Crippen LogP) is 4.55. The Hall–Kier alpha value is -2.73. The van der Waals surface area contributed by atoms with Crippen molar-refractivity contribution in [2.45, 2.75) is 18.8 Å². The molecule has 0 spiro atoms. The van der Waals surface area contributed by atoms with E-state index in [-0.39, 0.29) is 11.8 Å². The van der Waals surface area contributed by atoms with Gasteiger partial charge in [0.1, 0.15) is 5.82 Å². The van der Waals surface area contributed by atoms with Crippen molar-refractivity contribution in [3.05, 3.63) is 70.8 Å². The van der Waals surface area contributed by atoms with E-state index >= 15 is 0 Å². The van der Waals surface area contributed by atoms with E-state index < -0.39 is 5.82 Å². The van der Waals surface area contributed by atoms with E-state index in [4.69, 9.17) is 16.1 Å². The summed E-state index contributed by atoms with van der Waals surface area (Å²) in [7, 11) is 0. The van der Waals surface area contributed by atoms with Gasteiger partial charge in [-0.3, -0.25) is 4.79 Å². The molecule has 1 unspecified atom stereocenters. The molecule has 0 saturated carbocycles. The SMILES string of the molecule is O=C(c1cccc(F)c1)N1CCCC(c2nc(-c3cccc(Cl)c3)no2)C1. The van der Waals surface area contributed by atoms with Crippen molar-refractivity contribution in [3.63, 3.8) is 0 Å². The topological polar surface area (TPSA) is 59.2 Å². The first-order valence-corrected chi connectivity index (χ1v) is 9.12. The Bertz CT molecular complexity index is 975.